The van der Waals surface area contributed by atoms with Gasteiger partial charge in [-0.15, -0.1) is 0 Å². The zero-order chi connectivity index (χ0) is 14.8. The van der Waals surface area contributed by atoms with Gasteiger partial charge >= 0.3 is 5.97 Å². The van der Waals surface area contributed by atoms with Gasteiger partial charge in [0.1, 0.15) is 11.8 Å². The van der Waals surface area contributed by atoms with Gasteiger partial charge < -0.3 is 16.2 Å². The van der Waals surface area contributed by atoms with E-state index in [4.69, 9.17) is 10.8 Å². The van der Waals surface area contributed by atoms with Crippen LogP contribution in [0.2, 0.25) is 0 Å². The molecule has 0 bridgehead atoms. The Morgan fingerprint density at radius 1 is 1.26 bits per heavy atom. The summed E-state index contributed by atoms with van der Waals surface area (Å²) in [5.41, 5.74) is 7.11. The molecule has 0 aliphatic carbocycles. The third kappa shape index (κ3) is 7.21. The standard InChI is InChI=1S/C12H16N2O3.C2H6/c1-8(15)7-14-10-4-2-9(3-5-10)6-11(13)12(16)17;1-2/h2-5,11,14H,6-7,13H2,1H3,(H,16,17);1-2H3. The molecule has 0 heterocycles. The molecule has 1 aromatic carbocycles. The van der Waals surface area contributed by atoms with Crippen molar-refractivity contribution in [3.63, 3.8) is 0 Å². The molecule has 0 fully saturated rings. The SMILES string of the molecule is CC.CC(=O)CNc1ccc(CC(N)C(=O)O)cc1. The molecule has 5 heteroatoms. The van der Waals surface area contributed by atoms with E-state index < -0.39 is 12.0 Å². The van der Waals surface area contributed by atoms with Crippen molar-refractivity contribution in [3.05, 3.63) is 29.8 Å². The molecule has 0 aromatic heterocycles. The maximum atomic E-state index is 10.8. The smallest absolute Gasteiger partial charge is 0.320 e. The average Bonchev–Trinajstić information content (AvgIpc) is 2.40. The predicted molar refractivity (Wildman–Crippen MR) is 76.3 cm³/mol. The molecule has 0 radical (unpaired) electrons. The van der Waals surface area contributed by atoms with E-state index >= 15 is 0 Å². The molecule has 0 saturated carbocycles. The van der Waals surface area contributed by atoms with E-state index in [9.17, 15) is 9.59 Å². The number of nitrogens with two attached hydrogens (primary N) is 1. The van der Waals surface area contributed by atoms with Crippen molar-refractivity contribution in [3.8, 4) is 0 Å². The van der Waals surface area contributed by atoms with Gasteiger partial charge in [-0.05, 0) is 31.0 Å². The topological polar surface area (TPSA) is 92.4 Å². The summed E-state index contributed by atoms with van der Waals surface area (Å²) in [6.45, 7) is 5.79. The number of anilines is 1. The first-order valence-electron chi connectivity index (χ1n) is 6.29. The largest absolute Gasteiger partial charge is 0.480 e. The number of carbonyl (C=O) groups is 2. The summed E-state index contributed by atoms with van der Waals surface area (Å²) in [4.78, 5) is 21.3. The lowest BCUT2D eigenvalue weighted by Gasteiger charge is -2.08. The van der Waals surface area contributed by atoms with Crippen LogP contribution < -0.4 is 11.1 Å². The number of carboxylic acids is 1. The zero-order valence-electron chi connectivity index (χ0n) is 11.6. The first-order chi connectivity index (χ1) is 8.99. The highest BCUT2D eigenvalue weighted by molar-refractivity contribution is 5.80. The minimum absolute atomic E-state index is 0.0574. The van der Waals surface area contributed by atoms with Crippen molar-refractivity contribution in [2.75, 3.05) is 11.9 Å². The Balaban J connectivity index is 0.00000154. The minimum atomic E-state index is -1.01. The summed E-state index contributed by atoms with van der Waals surface area (Å²) in [5, 5.41) is 11.6. The van der Waals surface area contributed by atoms with Crippen LogP contribution in [-0.2, 0) is 16.0 Å². The number of hydrogen-bond donors (Lipinski definition) is 3. The van der Waals surface area contributed by atoms with Crippen LogP contribution in [0, 0.1) is 0 Å². The summed E-state index contributed by atoms with van der Waals surface area (Å²) in [6.07, 6.45) is 0.294. The lowest BCUT2D eigenvalue weighted by atomic mass is 10.1. The van der Waals surface area contributed by atoms with Crippen molar-refractivity contribution in [1.29, 1.82) is 0 Å². The van der Waals surface area contributed by atoms with Gasteiger partial charge in [0.05, 0.1) is 6.54 Å². The Bertz CT molecular complexity index is 402. The molecule has 0 amide bonds. The molecule has 0 saturated heterocycles. The third-order valence-corrected chi connectivity index (χ3v) is 2.27. The summed E-state index contributed by atoms with van der Waals surface area (Å²) in [7, 11) is 0. The molecular weight excluding hydrogens is 244 g/mol. The highest BCUT2D eigenvalue weighted by Crippen LogP contribution is 2.10. The van der Waals surface area contributed by atoms with E-state index in [1.165, 1.54) is 6.92 Å². The normalized spacial score (nSPS) is 10.9. The van der Waals surface area contributed by atoms with E-state index in [0.717, 1.165) is 11.3 Å². The summed E-state index contributed by atoms with van der Waals surface area (Å²) in [5.74, 6) is -0.953. The second-order valence-electron chi connectivity index (χ2n) is 3.90. The van der Waals surface area contributed by atoms with Crippen molar-refractivity contribution in [2.24, 2.45) is 5.73 Å². The Hall–Kier alpha value is -1.88. The van der Waals surface area contributed by atoms with Crippen LogP contribution in [0.3, 0.4) is 0 Å². The molecule has 0 spiro atoms. The Morgan fingerprint density at radius 3 is 2.21 bits per heavy atom. The molecule has 1 aromatic rings. The van der Waals surface area contributed by atoms with Gasteiger partial charge in [-0.2, -0.15) is 0 Å². The van der Waals surface area contributed by atoms with E-state index in [2.05, 4.69) is 5.32 Å². The third-order valence-electron chi connectivity index (χ3n) is 2.27. The monoisotopic (exact) mass is 266 g/mol. The highest BCUT2D eigenvalue weighted by atomic mass is 16.4. The molecule has 1 unspecified atom stereocenters. The van der Waals surface area contributed by atoms with Gasteiger partial charge in [0, 0.05) is 5.69 Å². The zero-order valence-corrected chi connectivity index (χ0v) is 11.6. The second kappa shape index (κ2) is 9.10. The number of nitrogens with one attached hydrogen (secondary N) is 1. The number of rotatable bonds is 6. The van der Waals surface area contributed by atoms with Crippen molar-refractivity contribution in [1.82, 2.24) is 0 Å². The number of hydrogen-bond acceptors (Lipinski definition) is 4. The molecule has 106 valence electrons. The number of Topliss-reactive ketones (excluding diaryl/α,β-unsaturated/α-hetero) is 1. The van der Waals surface area contributed by atoms with Gasteiger partial charge in [0.15, 0.2) is 0 Å². The Labute approximate surface area is 113 Å². The predicted octanol–water partition coefficient (Wildman–Crippen LogP) is 1.67. The maximum absolute atomic E-state index is 10.8. The number of benzene rings is 1. The Morgan fingerprint density at radius 2 is 1.79 bits per heavy atom. The number of carboxylic acid groups (broad SMARTS) is 1. The van der Waals surface area contributed by atoms with E-state index in [1.54, 1.807) is 24.3 Å². The lowest BCUT2D eigenvalue weighted by Crippen LogP contribution is -2.32. The summed E-state index contributed by atoms with van der Waals surface area (Å²) in [6, 6.07) is 6.31. The van der Waals surface area contributed by atoms with Crippen molar-refractivity contribution in [2.45, 2.75) is 33.2 Å². The quantitative estimate of drug-likeness (QED) is 0.728. The van der Waals surface area contributed by atoms with Crippen LogP contribution >= 0.6 is 0 Å². The van der Waals surface area contributed by atoms with Gasteiger partial charge in [-0.3, -0.25) is 9.59 Å². The first kappa shape index (κ1) is 17.1. The van der Waals surface area contributed by atoms with E-state index in [-0.39, 0.29) is 12.3 Å². The van der Waals surface area contributed by atoms with Crippen LogP contribution in [0.5, 0.6) is 0 Å². The van der Waals surface area contributed by atoms with Crippen molar-refractivity contribution < 1.29 is 14.7 Å². The number of carbonyl (C=O) groups excluding carboxylic acids is 1. The van der Waals surface area contributed by atoms with Gasteiger partial charge in [0.2, 0.25) is 0 Å². The second-order valence-corrected chi connectivity index (χ2v) is 3.90. The fourth-order valence-corrected chi connectivity index (χ4v) is 1.33. The van der Waals surface area contributed by atoms with Gasteiger partial charge in [0.25, 0.3) is 0 Å². The highest BCUT2D eigenvalue weighted by Gasteiger charge is 2.11. The molecular formula is C14H22N2O3. The molecule has 5 nitrogen and oxygen atoms in total. The van der Waals surface area contributed by atoms with Crippen LogP contribution in [0.4, 0.5) is 5.69 Å². The van der Waals surface area contributed by atoms with Crippen LogP contribution in [0.1, 0.15) is 26.3 Å². The molecule has 0 aliphatic heterocycles. The van der Waals surface area contributed by atoms with Crippen LogP contribution in [0.25, 0.3) is 0 Å². The lowest BCUT2D eigenvalue weighted by molar-refractivity contribution is -0.138. The fraction of sp³-hybridized carbons (Fsp3) is 0.429. The molecule has 0 aliphatic rings. The maximum Gasteiger partial charge on any atom is 0.320 e. The Kier molecular flexibility index (Phi) is 8.20. The van der Waals surface area contributed by atoms with E-state index in [0.29, 0.717) is 6.42 Å². The fourth-order valence-electron chi connectivity index (χ4n) is 1.33. The molecule has 1 rings (SSSR count). The minimum Gasteiger partial charge on any atom is -0.480 e. The van der Waals surface area contributed by atoms with Crippen molar-refractivity contribution >= 4 is 17.4 Å². The molecule has 1 atom stereocenters. The summed E-state index contributed by atoms with van der Waals surface area (Å²) < 4.78 is 0. The van der Waals surface area contributed by atoms with Gasteiger partial charge in [-0.25, -0.2) is 0 Å². The average molecular weight is 266 g/mol. The van der Waals surface area contributed by atoms with Gasteiger partial charge in [-0.1, -0.05) is 26.0 Å². The van der Waals surface area contributed by atoms with E-state index in [1.807, 2.05) is 13.8 Å². The molecule has 4 N–H and O–H groups in total. The van der Waals surface area contributed by atoms with Crippen LogP contribution in [0.15, 0.2) is 24.3 Å². The van der Waals surface area contributed by atoms with Crippen LogP contribution in [-0.4, -0.2) is 29.4 Å². The number of ketones is 1. The molecule has 19 heavy (non-hydrogen) atoms. The first-order valence-corrected chi connectivity index (χ1v) is 6.29. The number of aliphatic carboxylic acids is 1. The summed E-state index contributed by atoms with van der Waals surface area (Å²) >= 11 is 0.